The molecule has 0 spiro atoms. The predicted molar refractivity (Wildman–Crippen MR) is 244 cm³/mol. The van der Waals surface area contributed by atoms with Crippen molar-refractivity contribution in [3.05, 3.63) is 195 Å². The van der Waals surface area contributed by atoms with Crippen molar-refractivity contribution in [3.63, 3.8) is 0 Å². The molecule has 0 aliphatic carbocycles. The monoisotopic (exact) mass is 872 g/mol. The summed E-state index contributed by atoms with van der Waals surface area (Å²) in [5, 5.41) is 28.4. The summed E-state index contributed by atoms with van der Waals surface area (Å²) in [5.74, 6) is -1.27. The lowest BCUT2D eigenvalue weighted by Crippen LogP contribution is -2.29. The quantitative estimate of drug-likeness (QED) is 0.0436. The Morgan fingerprint density at radius 3 is 1.72 bits per heavy atom. The molecule has 302 valence electrons. The zero-order valence-corrected chi connectivity index (χ0v) is 34.3. The highest BCUT2D eigenvalue weighted by atomic mass is 79.9. The number of carbonyl (C=O) groups excluding carboxylic acids is 1. The maximum absolute atomic E-state index is 11.5. The molecule has 0 atom stereocenters. The van der Waals surface area contributed by atoms with Gasteiger partial charge in [-0.15, -0.1) is 0 Å². The first-order valence-electron chi connectivity index (χ1n) is 18.6. The van der Waals surface area contributed by atoms with Gasteiger partial charge in [0.25, 0.3) is 0 Å². The molecule has 0 fully saturated rings. The summed E-state index contributed by atoms with van der Waals surface area (Å²) in [6.07, 6.45) is 4.06. The minimum Gasteiger partial charge on any atom is -0.478 e. The van der Waals surface area contributed by atoms with Crippen LogP contribution in [0.25, 0.3) is 42.6 Å². The van der Waals surface area contributed by atoms with Crippen LogP contribution in [0.4, 0.5) is 22.7 Å². The molecule has 2 heterocycles. The van der Waals surface area contributed by atoms with Gasteiger partial charge in [-0.2, -0.15) is 0 Å². The van der Waals surface area contributed by atoms with Gasteiger partial charge in [-0.1, -0.05) is 60.7 Å². The topological polar surface area (TPSA) is 175 Å². The molecular weight excluding hydrogens is 835 g/mol. The average molecular weight is 874 g/mol. The van der Waals surface area contributed by atoms with E-state index in [0.29, 0.717) is 46.9 Å². The number of fused-ring (bicyclic) bond motifs is 2. The van der Waals surface area contributed by atoms with Crippen LogP contribution in [-0.4, -0.2) is 50.5 Å². The van der Waals surface area contributed by atoms with Gasteiger partial charge in [-0.25, -0.2) is 19.3 Å². The number of hydrogen-bond acceptors (Lipinski definition) is 7. The molecule has 12 nitrogen and oxygen atoms in total. The summed E-state index contributed by atoms with van der Waals surface area (Å²) < 4.78 is 9.88. The van der Waals surface area contributed by atoms with Crippen LogP contribution in [0.5, 0.6) is 0 Å². The molecule has 6 aromatic carbocycles. The van der Waals surface area contributed by atoms with Gasteiger partial charge in [-0.05, 0) is 116 Å². The van der Waals surface area contributed by atoms with Gasteiger partial charge in [-0.3, -0.25) is 0 Å². The number of esters is 1. The number of rotatable bonds is 8. The third-order valence-electron chi connectivity index (χ3n) is 9.63. The zero-order chi connectivity index (χ0) is 43.6. The van der Waals surface area contributed by atoms with Crippen LogP contribution in [-0.2, 0) is 17.8 Å². The molecule has 0 amide bonds. The Labute approximate surface area is 360 Å². The van der Waals surface area contributed by atoms with Crippen molar-refractivity contribution in [2.75, 3.05) is 18.6 Å². The van der Waals surface area contributed by atoms with E-state index in [0.717, 1.165) is 48.5 Å². The highest BCUT2D eigenvalue weighted by Gasteiger charge is 2.14. The molecular formula is C47H38BBrN6O6. The van der Waals surface area contributed by atoms with E-state index in [1.165, 1.54) is 13.2 Å². The van der Waals surface area contributed by atoms with Gasteiger partial charge in [0, 0.05) is 63.3 Å². The number of benzene rings is 6. The summed E-state index contributed by atoms with van der Waals surface area (Å²) in [6.45, 7) is 15.7. The minimum atomic E-state index is -1.43. The molecule has 8 rings (SSSR count). The first-order valence-corrected chi connectivity index (χ1v) is 19.4. The normalized spacial score (nSPS) is 10.4. The van der Waals surface area contributed by atoms with Crippen molar-refractivity contribution in [2.24, 2.45) is 0 Å². The second kappa shape index (κ2) is 19.4. The van der Waals surface area contributed by atoms with Crippen molar-refractivity contribution in [3.8, 4) is 11.1 Å². The van der Waals surface area contributed by atoms with E-state index in [2.05, 4.69) is 41.0 Å². The summed E-state index contributed by atoms with van der Waals surface area (Å²) in [7, 11) is -0.0552. The van der Waals surface area contributed by atoms with Gasteiger partial charge in [0.05, 0.1) is 31.4 Å². The lowest BCUT2D eigenvalue weighted by Gasteiger charge is -2.07. The van der Waals surface area contributed by atoms with Crippen LogP contribution >= 0.6 is 15.9 Å². The highest BCUT2D eigenvalue weighted by molar-refractivity contribution is 9.10. The smallest absolute Gasteiger partial charge is 0.478 e. The first-order chi connectivity index (χ1) is 29.4. The number of hydrogen-bond donors (Lipinski definition) is 5. The lowest BCUT2D eigenvalue weighted by atomic mass is 9.80. The van der Waals surface area contributed by atoms with Crippen LogP contribution in [0.3, 0.4) is 0 Å². The van der Waals surface area contributed by atoms with Crippen LogP contribution in [0.2, 0.25) is 0 Å². The van der Waals surface area contributed by atoms with E-state index in [-0.39, 0.29) is 11.5 Å². The molecule has 61 heavy (non-hydrogen) atoms. The number of carbonyl (C=O) groups is 2. The molecule has 0 unspecified atom stereocenters. The predicted octanol–water partition coefficient (Wildman–Crippen LogP) is 8.93. The van der Waals surface area contributed by atoms with Gasteiger partial charge in [0.1, 0.15) is 0 Å². The Kier molecular flexibility index (Phi) is 13.7. The van der Waals surface area contributed by atoms with Gasteiger partial charge >= 0.3 is 19.1 Å². The number of aromatic nitrogens is 2. The number of ether oxygens (including phenoxy) is 1. The maximum Gasteiger partial charge on any atom is 0.488 e. The zero-order valence-electron chi connectivity index (χ0n) is 32.7. The number of carboxylic acid groups (broad SMARTS) is 1. The van der Waals surface area contributed by atoms with Crippen LogP contribution in [0.1, 0.15) is 31.8 Å². The van der Waals surface area contributed by atoms with Crippen LogP contribution in [0.15, 0.2) is 150 Å². The molecule has 0 saturated carbocycles. The van der Waals surface area contributed by atoms with Crippen molar-refractivity contribution < 1.29 is 29.5 Å². The number of aromatic carboxylic acids is 1. The van der Waals surface area contributed by atoms with Crippen molar-refractivity contribution in [2.45, 2.75) is 13.1 Å². The fourth-order valence-electron chi connectivity index (χ4n) is 6.59. The second-order valence-electron chi connectivity index (χ2n) is 13.8. The van der Waals surface area contributed by atoms with Gasteiger partial charge in [0.15, 0.2) is 11.4 Å². The third kappa shape index (κ3) is 10.5. The summed E-state index contributed by atoms with van der Waals surface area (Å²) in [5.41, 5.74) is 21.1. The second-order valence-corrected chi connectivity index (χ2v) is 14.6. The fourth-order valence-corrected chi connectivity index (χ4v) is 7.16. The Hall–Kier alpha value is -7.62. The molecule has 14 heteroatoms. The molecule has 8 aromatic rings. The number of anilines is 2. The summed E-state index contributed by atoms with van der Waals surface area (Å²) in [6, 6.07) is 39.7. The van der Waals surface area contributed by atoms with Crippen LogP contribution < -0.4 is 16.9 Å². The number of nitrogens with two attached hydrogens (primary N) is 2. The van der Waals surface area contributed by atoms with Crippen molar-refractivity contribution >= 4 is 85.0 Å². The molecule has 0 aliphatic heterocycles. The van der Waals surface area contributed by atoms with E-state index in [4.69, 9.17) is 44.5 Å². The van der Waals surface area contributed by atoms with E-state index in [9.17, 15) is 9.59 Å². The number of nitrogens with zero attached hydrogens (tertiary/aromatic N) is 4. The molecule has 0 radical (unpaired) electrons. The van der Waals surface area contributed by atoms with Crippen LogP contribution in [0, 0.1) is 13.1 Å². The molecule has 7 N–H and O–H groups in total. The third-order valence-corrected chi connectivity index (χ3v) is 10.3. The minimum absolute atomic E-state index is 0.267. The number of nitrogen functional groups attached to an aromatic ring is 2. The Bertz CT molecular complexity index is 2950. The Balaban J connectivity index is 0.000000169. The number of carboxylic acids is 1. The molecule has 0 aliphatic rings. The largest absolute Gasteiger partial charge is 0.488 e. The van der Waals surface area contributed by atoms with E-state index < -0.39 is 13.1 Å². The molecule has 0 saturated heterocycles. The van der Waals surface area contributed by atoms with E-state index >= 15 is 0 Å². The highest BCUT2D eigenvalue weighted by Crippen LogP contribution is 2.35. The number of halogens is 1. The standard InChI is InChI=1S/C23H17N3O2.C18H13BrN2O2.C6H8BNO2/c1-25-19-9-10-22-20(12-19)21(17-3-2-4-18(24)11-17)14-26(22)13-15-5-7-16(8-6-15)23(27)28;1-20-14-7-8-17-15(9-14)16(19)11-21(17)10-12-3-5-13(6-4-12)18(22)23-2;8-6-3-1-2-5(4-6)7(9)10/h2-12,14H,13,24H2,(H,27,28);3-9,11H,10H2,2H3;1-4,9-10H,8H2. The SMILES string of the molecule is Nc1cccc(B(O)O)c1.[C-]#[N+]c1ccc2c(c1)c(-c1cccc(N)c1)cn2Cc1ccc(C(=O)O)cc1.[C-]#[N+]c1ccc2c(c1)c(Br)cn2Cc1ccc(C(=O)OC)cc1. The Morgan fingerprint density at radius 1 is 0.689 bits per heavy atom. The molecule has 2 aromatic heterocycles. The van der Waals surface area contributed by atoms with Crippen molar-refractivity contribution in [1.29, 1.82) is 0 Å². The van der Waals surface area contributed by atoms with E-state index in [1.54, 1.807) is 42.5 Å². The van der Waals surface area contributed by atoms with Gasteiger partial charge < -0.3 is 40.5 Å². The fraction of sp³-hybridized carbons (Fsp3) is 0.0638. The molecule has 0 bridgehead atoms. The lowest BCUT2D eigenvalue weighted by molar-refractivity contribution is 0.0599. The van der Waals surface area contributed by atoms with Crippen molar-refractivity contribution in [1.82, 2.24) is 9.13 Å². The first kappa shape index (κ1) is 43.0. The maximum atomic E-state index is 11.5. The summed E-state index contributed by atoms with van der Waals surface area (Å²) in [4.78, 5) is 29.5. The number of methoxy groups -OCH3 is 1. The van der Waals surface area contributed by atoms with Gasteiger partial charge in [0.2, 0.25) is 0 Å². The summed E-state index contributed by atoms with van der Waals surface area (Å²) >= 11 is 3.55. The Morgan fingerprint density at radius 2 is 1.21 bits per heavy atom. The van der Waals surface area contributed by atoms with E-state index in [1.807, 2.05) is 91.1 Å². The average Bonchev–Trinajstić information content (AvgIpc) is 3.79.